The number of hydrogen-bond donors (Lipinski definition) is 10. The molecule has 0 aliphatic carbocycles. The summed E-state index contributed by atoms with van der Waals surface area (Å²) in [5, 5.41) is 25.7. The van der Waals surface area contributed by atoms with Gasteiger partial charge in [-0.25, -0.2) is 28.6 Å². The highest BCUT2D eigenvalue weighted by atomic mass is 32.2. The number of ether oxygens (including phenoxy) is 1. The van der Waals surface area contributed by atoms with Crippen LogP contribution in [0.15, 0.2) is 12.7 Å². The lowest BCUT2D eigenvalue weighted by atomic mass is 9.87. The van der Waals surface area contributed by atoms with Gasteiger partial charge in [0.25, 0.3) is 0 Å². The second-order valence-corrected chi connectivity index (χ2v) is 18.8. The summed E-state index contributed by atoms with van der Waals surface area (Å²) in [4.78, 5) is 110. The molecule has 59 heavy (non-hydrogen) atoms. The molecule has 0 spiro atoms. The molecule has 0 saturated carbocycles. The summed E-state index contributed by atoms with van der Waals surface area (Å²) < 4.78 is 62.0. The quantitative estimate of drug-likeness (QED) is 0.0307. The van der Waals surface area contributed by atoms with Gasteiger partial charge in [0.2, 0.25) is 11.8 Å². The van der Waals surface area contributed by atoms with Gasteiger partial charge in [-0.3, -0.25) is 42.1 Å². The van der Waals surface area contributed by atoms with Crippen molar-refractivity contribution in [1.82, 2.24) is 30.2 Å². The zero-order valence-electron chi connectivity index (χ0n) is 31.5. The minimum absolute atomic E-state index is 0.0160. The number of anilines is 1. The Balaban J connectivity index is 1.45. The number of carbonyl (C=O) groups is 5. The summed E-state index contributed by atoms with van der Waals surface area (Å²) >= 11 is 0.787. The van der Waals surface area contributed by atoms with E-state index in [9.17, 15) is 67.5 Å². The average Bonchev–Trinajstić information content (AvgIpc) is 3.67. The molecular formula is C28H45N8O19P3S. The molecule has 2 aromatic heterocycles. The first-order valence-corrected chi connectivity index (χ1v) is 22.5. The number of fused-ring (bicyclic) bond motifs is 1. The standard InChI is InChI=1S/C28H45N8O19P3S/c1-14(37)16(29)8-15(38)9-19(40)59-7-6-31-18(39)4-5-32-26(43)23(42)28(2,3)11-52-58(49,50)55-57(47,48)51-10-17-22(54-56(44,45)46)21(41)27(53-17)36-13-35-20-24(30)33-12-34-25(20)36/h12-13,16-17,21-23,27,41-42H,4-11,29H2,1-3H3,(H,31,39)(H,32,43)(H,47,48)(H,49,50)(H2,30,33,34)(H2,44,45,46)/t16?,17-,21-,22-,23+,27-/m1/s1. The molecule has 8 atom stereocenters. The van der Waals surface area contributed by atoms with Gasteiger partial charge in [-0.2, -0.15) is 4.31 Å². The zero-order chi connectivity index (χ0) is 44.5. The van der Waals surface area contributed by atoms with E-state index in [2.05, 4.69) is 34.4 Å². The largest absolute Gasteiger partial charge is 0.481 e. The van der Waals surface area contributed by atoms with Crippen LogP contribution in [0.5, 0.6) is 0 Å². The zero-order valence-corrected chi connectivity index (χ0v) is 35.0. The highest BCUT2D eigenvalue weighted by Crippen LogP contribution is 2.61. The second kappa shape index (κ2) is 21.1. The van der Waals surface area contributed by atoms with E-state index < -0.39 is 108 Å². The molecular weight excluding hydrogens is 877 g/mol. The number of nitrogens with one attached hydrogen (secondary N) is 2. The van der Waals surface area contributed by atoms with Gasteiger partial charge in [-0.15, -0.1) is 0 Å². The van der Waals surface area contributed by atoms with Gasteiger partial charge in [-0.1, -0.05) is 25.6 Å². The normalized spacial score (nSPS) is 21.6. The Morgan fingerprint density at radius 2 is 1.69 bits per heavy atom. The first-order valence-electron chi connectivity index (χ1n) is 17.0. The van der Waals surface area contributed by atoms with Crippen molar-refractivity contribution < 1.29 is 90.1 Å². The fourth-order valence-corrected chi connectivity index (χ4v) is 8.49. The van der Waals surface area contributed by atoms with Crippen LogP contribution in [0.3, 0.4) is 0 Å². The van der Waals surface area contributed by atoms with E-state index in [0.29, 0.717) is 0 Å². The number of Topliss-reactive ketones (excluding diaryl/α,β-unsaturated/α-hetero) is 2. The summed E-state index contributed by atoms with van der Waals surface area (Å²) in [6.45, 7) is 1.34. The number of ketones is 2. The van der Waals surface area contributed by atoms with Crippen LogP contribution < -0.4 is 22.1 Å². The highest BCUT2D eigenvalue weighted by molar-refractivity contribution is 8.13. The topological polar surface area (TPSA) is 424 Å². The third kappa shape index (κ3) is 15.7. The van der Waals surface area contributed by atoms with Crippen LogP contribution >= 0.6 is 35.2 Å². The number of rotatable bonds is 24. The molecule has 3 rings (SSSR count). The molecule has 332 valence electrons. The number of aromatic nitrogens is 4. The summed E-state index contributed by atoms with van der Waals surface area (Å²) in [5.74, 6) is -2.38. The van der Waals surface area contributed by atoms with Crippen LogP contribution in [0, 0.1) is 5.41 Å². The van der Waals surface area contributed by atoms with Crippen molar-refractivity contribution in [3.05, 3.63) is 12.7 Å². The maximum absolute atomic E-state index is 12.7. The van der Waals surface area contributed by atoms with Gasteiger partial charge in [0, 0.05) is 37.1 Å². The second-order valence-electron chi connectivity index (χ2n) is 13.4. The monoisotopic (exact) mass is 922 g/mol. The number of nitrogens with two attached hydrogens (primary N) is 2. The first kappa shape index (κ1) is 50.2. The minimum atomic E-state index is -5.60. The molecule has 1 aliphatic heterocycles. The Morgan fingerprint density at radius 1 is 1.03 bits per heavy atom. The maximum Gasteiger partial charge on any atom is 0.481 e. The van der Waals surface area contributed by atoms with Gasteiger partial charge >= 0.3 is 23.5 Å². The van der Waals surface area contributed by atoms with Crippen LogP contribution in [-0.2, 0) is 60.3 Å². The van der Waals surface area contributed by atoms with Gasteiger partial charge in [0.05, 0.1) is 32.0 Å². The number of imidazole rings is 1. The lowest BCUT2D eigenvalue weighted by molar-refractivity contribution is -0.137. The number of phosphoric acid groups is 3. The van der Waals surface area contributed by atoms with Gasteiger partial charge in [0.1, 0.15) is 47.8 Å². The van der Waals surface area contributed by atoms with E-state index in [0.717, 1.165) is 29.0 Å². The SMILES string of the molecule is CC(=O)C(N)CC(=O)CC(=O)SCCNC(=O)CCNC(=O)[C@H](O)C(C)(C)COP(=O)(O)OP(=O)(O)OC[C@H]1O[C@@H](n2cnc3c(N)ncnc32)[C@H](O)[C@@H]1OP(=O)(O)O. The van der Waals surface area contributed by atoms with E-state index >= 15 is 0 Å². The van der Waals surface area contributed by atoms with Gasteiger partial charge in [-0.05, 0) is 6.92 Å². The molecule has 0 aromatic carbocycles. The smallest absolute Gasteiger partial charge is 0.386 e. The van der Waals surface area contributed by atoms with E-state index in [1.807, 2.05) is 0 Å². The summed E-state index contributed by atoms with van der Waals surface area (Å²) in [6.07, 6.45) is -7.85. The predicted molar refractivity (Wildman–Crippen MR) is 200 cm³/mol. The van der Waals surface area contributed by atoms with Gasteiger partial charge in [0.15, 0.2) is 22.8 Å². The summed E-state index contributed by atoms with van der Waals surface area (Å²) in [5.41, 5.74) is 9.68. The van der Waals surface area contributed by atoms with Crippen LogP contribution in [0.1, 0.15) is 46.3 Å². The molecule has 1 saturated heterocycles. The number of carbonyl (C=O) groups excluding carboxylic acids is 5. The Hall–Kier alpha value is -3.14. The molecule has 1 aliphatic rings. The number of hydrogen-bond acceptors (Lipinski definition) is 21. The van der Waals surface area contributed by atoms with Crippen molar-refractivity contribution in [3.8, 4) is 0 Å². The third-order valence-electron chi connectivity index (χ3n) is 8.08. The van der Waals surface area contributed by atoms with Crippen LogP contribution in [0.4, 0.5) is 5.82 Å². The number of nitrogens with zero attached hydrogens (tertiary/aromatic N) is 4. The third-order valence-corrected chi connectivity index (χ3v) is 12.1. The Morgan fingerprint density at radius 3 is 2.34 bits per heavy atom. The van der Waals surface area contributed by atoms with Crippen molar-refractivity contribution in [3.63, 3.8) is 0 Å². The summed E-state index contributed by atoms with van der Waals surface area (Å²) in [7, 11) is -16.5. The molecule has 1 fully saturated rings. The van der Waals surface area contributed by atoms with Crippen molar-refractivity contribution >= 4 is 80.7 Å². The van der Waals surface area contributed by atoms with E-state index in [4.69, 9.17) is 25.3 Å². The average molecular weight is 923 g/mol. The van der Waals surface area contributed by atoms with E-state index in [1.165, 1.54) is 20.8 Å². The molecule has 3 unspecified atom stereocenters. The number of amides is 2. The molecule has 3 heterocycles. The lowest BCUT2D eigenvalue weighted by Gasteiger charge is -2.30. The molecule has 2 amide bonds. The molecule has 31 heteroatoms. The number of aliphatic hydroxyl groups excluding tert-OH is 2. The van der Waals surface area contributed by atoms with Crippen molar-refractivity contribution in [2.24, 2.45) is 11.1 Å². The minimum Gasteiger partial charge on any atom is -0.386 e. The number of thioether (sulfide) groups is 1. The number of phosphoric ester groups is 3. The molecule has 0 bridgehead atoms. The van der Waals surface area contributed by atoms with E-state index in [1.54, 1.807) is 0 Å². The Labute approximate surface area is 338 Å². The maximum atomic E-state index is 12.7. The van der Waals surface area contributed by atoms with E-state index in [-0.39, 0.29) is 54.4 Å². The van der Waals surface area contributed by atoms with Gasteiger partial charge < -0.3 is 56.6 Å². The van der Waals surface area contributed by atoms with Crippen molar-refractivity contribution in [2.75, 3.05) is 37.8 Å². The summed E-state index contributed by atoms with van der Waals surface area (Å²) in [6, 6.07) is -0.983. The lowest BCUT2D eigenvalue weighted by Crippen LogP contribution is -2.46. The molecule has 2 aromatic rings. The predicted octanol–water partition coefficient (Wildman–Crippen LogP) is -2.07. The number of aliphatic hydroxyl groups is 2. The Kier molecular flexibility index (Phi) is 18.0. The van der Waals surface area contributed by atoms with Crippen LogP contribution in [-0.4, -0.2) is 140 Å². The fourth-order valence-electron chi connectivity index (χ4n) is 4.97. The van der Waals surface area contributed by atoms with Crippen molar-refractivity contribution in [2.45, 2.75) is 76.7 Å². The van der Waals surface area contributed by atoms with Crippen LogP contribution in [0.2, 0.25) is 0 Å². The molecule has 27 nitrogen and oxygen atoms in total. The molecule has 12 N–H and O–H groups in total. The molecule has 0 radical (unpaired) electrons. The number of nitrogen functional groups attached to an aromatic ring is 1. The highest BCUT2D eigenvalue weighted by Gasteiger charge is 2.50. The van der Waals surface area contributed by atoms with Crippen molar-refractivity contribution in [1.29, 1.82) is 0 Å². The fraction of sp³-hybridized carbons (Fsp3) is 0.643. The first-order chi connectivity index (χ1) is 27.2. The Bertz CT molecular complexity index is 2000. The van der Waals surface area contributed by atoms with Crippen LogP contribution in [0.25, 0.3) is 11.2 Å².